The highest BCUT2D eigenvalue weighted by atomic mass is 35.5. The summed E-state index contributed by atoms with van der Waals surface area (Å²) in [6, 6.07) is 6.19. The van der Waals surface area contributed by atoms with Crippen molar-refractivity contribution in [1.29, 1.82) is 0 Å². The summed E-state index contributed by atoms with van der Waals surface area (Å²) in [5.41, 5.74) is 1.67. The molecule has 0 fully saturated rings. The summed E-state index contributed by atoms with van der Waals surface area (Å²) in [6.07, 6.45) is 2.69. The second kappa shape index (κ2) is 5.98. The molecule has 0 amide bonds. The molecule has 24 heavy (non-hydrogen) atoms. The van der Waals surface area contributed by atoms with Gasteiger partial charge in [0.2, 0.25) is 0 Å². The third-order valence-corrected chi connectivity index (χ3v) is 4.24. The maximum absolute atomic E-state index is 12.8. The van der Waals surface area contributed by atoms with E-state index in [9.17, 15) is 14.7 Å². The fourth-order valence-electron chi connectivity index (χ4n) is 2.77. The fourth-order valence-corrected chi connectivity index (χ4v) is 3.05. The highest BCUT2D eigenvalue weighted by molar-refractivity contribution is 6.37. The van der Waals surface area contributed by atoms with Gasteiger partial charge in [0.1, 0.15) is 5.75 Å². The predicted molar refractivity (Wildman–Crippen MR) is 88.7 cm³/mol. The van der Waals surface area contributed by atoms with Crippen molar-refractivity contribution in [3.05, 3.63) is 58.5 Å². The topological polar surface area (TPSA) is 92.4 Å². The molecule has 0 radical (unpaired) electrons. The lowest BCUT2D eigenvalue weighted by Crippen LogP contribution is -2.14. The Bertz CT molecular complexity index is 964. The number of benzene rings is 1. The van der Waals surface area contributed by atoms with E-state index in [1.54, 1.807) is 31.3 Å². The zero-order chi connectivity index (χ0) is 17.4. The average Bonchev–Trinajstić information content (AvgIpc) is 2.83. The number of pyridine rings is 1. The molecule has 0 unspecified atom stereocenters. The number of aromatic nitrogens is 2. The van der Waals surface area contributed by atoms with Crippen molar-refractivity contribution >= 4 is 34.4 Å². The molecule has 0 spiro atoms. The molecule has 122 valence electrons. The molecule has 6 nitrogen and oxygen atoms in total. The van der Waals surface area contributed by atoms with Gasteiger partial charge in [0, 0.05) is 23.5 Å². The van der Waals surface area contributed by atoms with Crippen LogP contribution in [0.15, 0.2) is 36.7 Å². The molecule has 7 heteroatoms. The largest absolute Gasteiger partial charge is 0.506 e. The third-order valence-electron chi connectivity index (χ3n) is 3.85. The van der Waals surface area contributed by atoms with E-state index in [0.717, 1.165) is 0 Å². The molecule has 2 N–H and O–H groups in total. The molecule has 0 saturated carbocycles. The van der Waals surface area contributed by atoms with Crippen molar-refractivity contribution in [2.24, 2.45) is 0 Å². The zero-order valence-corrected chi connectivity index (χ0v) is 13.4. The maximum atomic E-state index is 12.8. The van der Waals surface area contributed by atoms with Crippen LogP contribution < -0.4 is 0 Å². The van der Waals surface area contributed by atoms with E-state index in [-0.39, 0.29) is 23.1 Å². The molecule has 0 aliphatic rings. The van der Waals surface area contributed by atoms with E-state index >= 15 is 0 Å². The minimum atomic E-state index is -1.05. The summed E-state index contributed by atoms with van der Waals surface area (Å²) in [7, 11) is 0. The van der Waals surface area contributed by atoms with Gasteiger partial charge < -0.3 is 10.2 Å². The number of carboxylic acids is 1. The molecular formula is C17H13ClN2O4. The van der Waals surface area contributed by atoms with Crippen LogP contribution in [0.25, 0.3) is 10.9 Å². The van der Waals surface area contributed by atoms with Gasteiger partial charge in [0.15, 0.2) is 0 Å². The smallest absolute Gasteiger partial charge is 0.307 e. The van der Waals surface area contributed by atoms with E-state index in [1.165, 1.54) is 16.8 Å². The van der Waals surface area contributed by atoms with Crippen molar-refractivity contribution < 1.29 is 19.8 Å². The van der Waals surface area contributed by atoms with E-state index < -0.39 is 5.97 Å². The lowest BCUT2D eigenvalue weighted by atomic mass is 10.1. The van der Waals surface area contributed by atoms with E-state index in [4.69, 9.17) is 16.7 Å². The first-order chi connectivity index (χ1) is 11.4. The fraction of sp³-hybridized carbons (Fsp3) is 0.118. The van der Waals surface area contributed by atoms with Crippen LogP contribution in [0.3, 0.4) is 0 Å². The maximum Gasteiger partial charge on any atom is 0.307 e. The van der Waals surface area contributed by atoms with Gasteiger partial charge in [-0.1, -0.05) is 11.6 Å². The first kappa shape index (κ1) is 16.0. The summed E-state index contributed by atoms with van der Waals surface area (Å²) in [4.78, 5) is 28.0. The van der Waals surface area contributed by atoms with Crippen LogP contribution in [-0.4, -0.2) is 31.6 Å². The van der Waals surface area contributed by atoms with Crippen molar-refractivity contribution in [3.8, 4) is 5.75 Å². The van der Waals surface area contributed by atoms with Gasteiger partial charge in [0.05, 0.1) is 22.5 Å². The van der Waals surface area contributed by atoms with Gasteiger partial charge in [-0.05, 0) is 36.8 Å². The van der Waals surface area contributed by atoms with Crippen LogP contribution in [0, 0.1) is 6.92 Å². The number of phenols is 1. The molecule has 0 saturated heterocycles. The van der Waals surface area contributed by atoms with Crippen LogP contribution in [0.5, 0.6) is 5.75 Å². The number of carbonyl (C=O) groups excluding carboxylic acids is 1. The normalized spacial score (nSPS) is 10.9. The molecule has 0 aliphatic carbocycles. The summed E-state index contributed by atoms with van der Waals surface area (Å²) in [6.45, 7) is 1.65. The Morgan fingerprint density at radius 2 is 2.04 bits per heavy atom. The van der Waals surface area contributed by atoms with Crippen molar-refractivity contribution in [3.63, 3.8) is 0 Å². The zero-order valence-electron chi connectivity index (χ0n) is 12.7. The number of halogens is 1. The number of fused-ring (bicyclic) bond motifs is 1. The Morgan fingerprint density at radius 1 is 1.29 bits per heavy atom. The standard InChI is InChI=1S/C17H13ClN2O4/c1-9-11(7-14(22)23)15-12(4-5-13(21)16(15)18)20(9)17(24)10-3-2-6-19-8-10/h2-6,8,21H,7H2,1H3,(H,22,23). The Kier molecular flexibility index (Phi) is 3.99. The Morgan fingerprint density at radius 3 is 2.67 bits per heavy atom. The van der Waals surface area contributed by atoms with Crippen molar-refractivity contribution in [2.75, 3.05) is 0 Å². The average molecular weight is 345 g/mol. The van der Waals surface area contributed by atoms with Gasteiger partial charge in [-0.2, -0.15) is 0 Å². The van der Waals surface area contributed by atoms with Crippen molar-refractivity contribution in [1.82, 2.24) is 9.55 Å². The number of rotatable bonds is 3. The first-order valence-electron chi connectivity index (χ1n) is 7.09. The van der Waals surface area contributed by atoms with Crippen LogP contribution >= 0.6 is 11.6 Å². The van der Waals surface area contributed by atoms with Gasteiger partial charge in [0.25, 0.3) is 5.91 Å². The number of aromatic hydroxyl groups is 1. The first-order valence-corrected chi connectivity index (χ1v) is 7.47. The lowest BCUT2D eigenvalue weighted by molar-refractivity contribution is -0.136. The number of nitrogens with zero attached hydrogens (tertiary/aromatic N) is 2. The van der Waals surface area contributed by atoms with Crippen LogP contribution in [0.2, 0.25) is 5.02 Å². The van der Waals surface area contributed by atoms with E-state index in [2.05, 4.69) is 4.98 Å². The lowest BCUT2D eigenvalue weighted by Gasteiger charge is -2.07. The minimum Gasteiger partial charge on any atom is -0.506 e. The van der Waals surface area contributed by atoms with Crippen LogP contribution in [-0.2, 0) is 11.2 Å². The number of phenolic OH excluding ortho intramolecular Hbond substituents is 1. The molecule has 3 aromatic rings. The monoisotopic (exact) mass is 344 g/mol. The molecule has 2 heterocycles. The highest BCUT2D eigenvalue weighted by Gasteiger charge is 2.24. The van der Waals surface area contributed by atoms with Gasteiger partial charge in [-0.3, -0.25) is 19.1 Å². The molecular weight excluding hydrogens is 332 g/mol. The second-order valence-electron chi connectivity index (χ2n) is 5.31. The molecule has 2 aromatic heterocycles. The van der Waals surface area contributed by atoms with Crippen LogP contribution in [0.1, 0.15) is 21.6 Å². The second-order valence-corrected chi connectivity index (χ2v) is 5.69. The number of carbonyl (C=O) groups is 2. The predicted octanol–water partition coefficient (Wildman–Crippen LogP) is 3.02. The third kappa shape index (κ3) is 2.51. The van der Waals surface area contributed by atoms with Crippen molar-refractivity contribution in [2.45, 2.75) is 13.3 Å². The summed E-state index contributed by atoms with van der Waals surface area (Å²) in [5.74, 6) is -1.56. The highest BCUT2D eigenvalue weighted by Crippen LogP contribution is 2.37. The molecule has 1 aromatic carbocycles. The molecule has 3 rings (SSSR count). The van der Waals surface area contributed by atoms with Crippen LogP contribution in [0.4, 0.5) is 0 Å². The molecule has 0 aliphatic heterocycles. The van der Waals surface area contributed by atoms with Gasteiger partial charge >= 0.3 is 5.97 Å². The number of aliphatic carboxylic acids is 1. The quantitative estimate of drug-likeness (QED) is 0.762. The van der Waals surface area contributed by atoms with E-state index in [0.29, 0.717) is 27.7 Å². The summed E-state index contributed by atoms with van der Waals surface area (Å²) in [5, 5.41) is 19.4. The Hall–Kier alpha value is -2.86. The molecule has 0 bridgehead atoms. The number of hydrogen-bond donors (Lipinski definition) is 2. The Labute approximate surface area is 141 Å². The minimum absolute atomic E-state index is 0.0320. The number of carboxylic acid groups (broad SMARTS) is 1. The molecule has 0 atom stereocenters. The summed E-state index contributed by atoms with van der Waals surface area (Å²) < 4.78 is 1.40. The Balaban J connectivity index is 2.33. The SMILES string of the molecule is Cc1c(CC(=O)O)c2c(Cl)c(O)ccc2n1C(=O)c1cccnc1. The summed E-state index contributed by atoms with van der Waals surface area (Å²) >= 11 is 6.17. The van der Waals surface area contributed by atoms with E-state index in [1.807, 2.05) is 0 Å². The van der Waals surface area contributed by atoms with Gasteiger partial charge in [-0.15, -0.1) is 0 Å². The number of hydrogen-bond acceptors (Lipinski definition) is 4. The van der Waals surface area contributed by atoms with Gasteiger partial charge in [-0.25, -0.2) is 0 Å².